The number of hydrogen-bond donors (Lipinski definition) is 1. The molecule has 0 saturated heterocycles. The van der Waals surface area contributed by atoms with Crippen LogP contribution in [0.25, 0.3) is 17.3 Å². The zero-order chi connectivity index (χ0) is 15.9. The Labute approximate surface area is 150 Å². The van der Waals surface area contributed by atoms with Crippen LogP contribution in [0.5, 0.6) is 0 Å². The molecule has 8 heteroatoms. The first-order chi connectivity index (χ1) is 11.1. The SMILES string of the molecule is Cl.NC1(c2noc(-c3ccn(-c4cccc(Cl)c4)n3)n2)CCCC1. The molecule has 0 unspecified atom stereocenters. The fourth-order valence-corrected chi connectivity index (χ4v) is 3.14. The summed E-state index contributed by atoms with van der Waals surface area (Å²) >= 11 is 6.01. The molecule has 0 radical (unpaired) electrons. The summed E-state index contributed by atoms with van der Waals surface area (Å²) in [5, 5.41) is 9.19. The minimum atomic E-state index is -0.461. The number of nitrogens with zero attached hydrogens (tertiary/aromatic N) is 4. The molecular weight excluding hydrogens is 349 g/mol. The Morgan fingerprint density at radius 2 is 2.00 bits per heavy atom. The van der Waals surface area contributed by atoms with Crippen LogP contribution >= 0.6 is 24.0 Å². The third-order valence-electron chi connectivity index (χ3n) is 4.25. The Morgan fingerprint density at radius 3 is 2.75 bits per heavy atom. The maximum absolute atomic E-state index is 6.36. The summed E-state index contributed by atoms with van der Waals surface area (Å²) in [7, 11) is 0. The summed E-state index contributed by atoms with van der Waals surface area (Å²) in [6.45, 7) is 0. The van der Waals surface area contributed by atoms with Crippen LogP contribution in [0, 0.1) is 0 Å². The molecular formula is C16H17Cl2N5O. The predicted octanol–water partition coefficient (Wildman–Crippen LogP) is 3.73. The standard InChI is InChI=1S/C16H16ClN5O.ClH/c17-11-4-3-5-12(10-11)22-9-6-13(20-22)14-19-15(21-23-14)16(18)7-1-2-8-16;/h3-6,9-10H,1-2,7-8,18H2;1H. The molecule has 6 nitrogen and oxygen atoms in total. The topological polar surface area (TPSA) is 82.8 Å². The summed E-state index contributed by atoms with van der Waals surface area (Å²) in [4.78, 5) is 4.45. The number of aromatic nitrogens is 4. The van der Waals surface area contributed by atoms with Crippen LogP contribution in [0.1, 0.15) is 31.5 Å². The summed E-state index contributed by atoms with van der Waals surface area (Å²) in [6, 6.07) is 9.29. The molecule has 2 N–H and O–H groups in total. The van der Waals surface area contributed by atoms with Crippen molar-refractivity contribution in [2.45, 2.75) is 31.2 Å². The first-order valence-electron chi connectivity index (χ1n) is 7.59. The maximum atomic E-state index is 6.36. The first-order valence-corrected chi connectivity index (χ1v) is 7.97. The van der Waals surface area contributed by atoms with Gasteiger partial charge in [-0.2, -0.15) is 10.1 Å². The fourth-order valence-electron chi connectivity index (χ4n) is 2.96. The molecule has 24 heavy (non-hydrogen) atoms. The van der Waals surface area contributed by atoms with E-state index in [0.29, 0.717) is 22.4 Å². The highest BCUT2D eigenvalue weighted by atomic mass is 35.5. The van der Waals surface area contributed by atoms with Gasteiger partial charge in [-0.05, 0) is 37.1 Å². The second-order valence-corrected chi connectivity index (χ2v) is 6.35. The minimum absolute atomic E-state index is 0. The van der Waals surface area contributed by atoms with Crippen LogP contribution in [0.2, 0.25) is 5.02 Å². The monoisotopic (exact) mass is 365 g/mol. The smallest absolute Gasteiger partial charge is 0.278 e. The lowest BCUT2D eigenvalue weighted by Crippen LogP contribution is -2.34. The van der Waals surface area contributed by atoms with Gasteiger partial charge in [0.25, 0.3) is 5.89 Å². The van der Waals surface area contributed by atoms with E-state index in [4.69, 9.17) is 21.9 Å². The molecule has 2 aromatic heterocycles. The highest BCUT2D eigenvalue weighted by molar-refractivity contribution is 6.30. The van der Waals surface area contributed by atoms with Gasteiger partial charge in [-0.1, -0.05) is 35.7 Å². The lowest BCUT2D eigenvalue weighted by atomic mass is 9.99. The summed E-state index contributed by atoms with van der Waals surface area (Å²) < 4.78 is 7.08. The highest BCUT2D eigenvalue weighted by Crippen LogP contribution is 2.35. The zero-order valence-electron chi connectivity index (χ0n) is 12.9. The van der Waals surface area contributed by atoms with Crippen molar-refractivity contribution in [1.82, 2.24) is 19.9 Å². The number of rotatable bonds is 3. The van der Waals surface area contributed by atoms with Crippen LogP contribution in [0.4, 0.5) is 0 Å². The lowest BCUT2D eigenvalue weighted by molar-refractivity contribution is 0.372. The van der Waals surface area contributed by atoms with E-state index < -0.39 is 5.54 Å². The van der Waals surface area contributed by atoms with Gasteiger partial charge in [-0.15, -0.1) is 12.4 Å². The lowest BCUT2D eigenvalue weighted by Gasteiger charge is -2.17. The average Bonchev–Trinajstić information content (AvgIpc) is 3.27. The molecule has 0 bridgehead atoms. The minimum Gasteiger partial charge on any atom is -0.332 e. The summed E-state index contributed by atoms with van der Waals surface area (Å²) in [6.07, 6.45) is 5.82. The van der Waals surface area contributed by atoms with Crippen molar-refractivity contribution in [2.24, 2.45) is 5.73 Å². The van der Waals surface area contributed by atoms with Gasteiger partial charge in [-0.25, -0.2) is 4.68 Å². The van der Waals surface area contributed by atoms with Crippen LogP contribution in [-0.4, -0.2) is 19.9 Å². The number of benzene rings is 1. The first kappa shape index (κ1) is 17.0. The molecule has 0 aliphatic heterocycles. The quantitative estimate of drug-likeness (QED) is 0.764. The molecule has 1 saturated carbocycles. The van der Waals surface area contributed by atoms with Gasteiger partial charge in [-0.3, -0.25) is 0 Å². The van der Waals surface area contributed by atoms with Gasteiger partial charge < -0.3 is 10.3 Å². The van der Waals surface area contributed by atoms with Crippen LogP contribution in [0.15, 0.2) is 41.1 Å². The molecule has 1 fully saturated rings. The Balaban J connectivity index is 0.00000169. The van der Waals surface area contributed by atoms with Crippen molar-refractivity contribution in [2.75, 3.05) is 0 Å². The molecule has 3 aromatic rings. The summed E-state index contributed by atoms with van der Waals surface area (Å²) in [5.41, 5.74) is 7.38. The highest BCUT2D eigenvalue weighted by Gasteiger charge is 2.36. The average molecular weight is 366 g/mol. The Bertz CT molecular complexity index is 838. The molecule has 0 atom stereocenters. The van der Waals surface area contributed by atoms with Gasteiger partial charge in [0.2, 0.25) is 0 Å². The van der Waals surface area contributed by atoms with Gasteiger partial charge in [0.1, 0.15) is 0 Å². The second-order valence-electron chi connectivity index (χ2n) is 5.91. The summed E-state index contributed by atoms with van der Waals surface area (Å²) in [5.74, 6) is 0.958. The molecule has 0 spiro atoms. The van der Waals surface area contributed by atoms with E-state index in [0.717, 1.165) is 31.4 Å². The van der Waals surface area contributed by atoms with E-state index in [-0.39, 0.29) is 12.4 Å². The predicted molar refractivity (Wildman–Crippen MR) is 93.4 cm³/mol. The van der Waals surface area contributed by atoms with E-state index in [2.05, 4.69) is 15.2 Å². The normalized spacial score (nSPS) is 16.1. The number of halogens is 2. The third-order valence-corrected chi connectivity index (χ3v) is 4.48. The van der Waals surface area contributed by atoms with Crippen molar-refractivity contribution < 1.29 is 4.52 Å². The van der Waals surface area contributed by atoms with Gasteiger partial charge in [0, 0.05) is 11.2 Å². The maximum Gasteiger partial charge on any atom is 0.278 e. The van der Waals surface area contributed by atoms with E-state index in [1.807, 2.05) is 36.5 Å². The molecule has 1 aliphatic carbocycles. The Kier molecular flexibility index (Phi) is 4.62. The van der Waals surface area contributed by atoms with Crippen molar-refractivity contribution in [3.63, 3.8) is 0 Å². The zero-order valence-corrected chi connectivity index (χ0v) is 14.4. The molecule has 1 aromatic carbocycles. The van der Waals surface area contributed by atoms with Crippen molar-refractivity contribution in [1.29, 1.82) is 0 Å². The van der Waals surface area contributed by atoms with E-state index in [1.54, 1.807) is 4.68 Å². The van der Waals surface area contributed by atoms with E-state index >= 15 is 0 Å². The van der Waals surface area contributed by atoms with Crippen LogP contribution in [-0.2, 0) is 5.54 Å². The molecule has 0 amide bonds. The fraction of sp³-hybridized carbons (Fsp3) is 0.312. The van der Waals surface area contributed by atoms with Crippen molar-refractivity contribution in [3.05, 3.63) is 47.4 Å². The van der Waals surface area contributed by atoms with Gasteiger partial charge >= 0.3 is 0 Å². The van der Waals surface area contributed by atoms with Crippen molar-refractivity contribution in [3.8, 4) is 17.3 Å². The Morgan fingerprint density at radius 1 is 1.21 bits per heavy atom. The van der Waals surface area contributed by atoms with Crippen LogP contribution in [0.3, 0.4) is 0 Å². The molecule has 4 rings (SSSR count). The second kappa shape index (κ2) is 6.55. The number of hydrogen-bond acceptors (Lipinski definition) is 5. The van der Waals surface area contributed by atoms with Crippen molar-refractivity contribution >= 4 is 24.0 Å². The number of nitrogens with two attached hydrogens (primary N) is 1. The van der Waals surface area contributed by atoms with E-state index in [9.17, 15) is 0 Å². The Hall–Kier alpha value is -1.89. The van der Waals surface area contributed by atoms with Crippen LogP contribution < -0.4 is 5.73 Å². The van der Waals surface area contributed by atoms with Gasteiger partial charge in [0.15, 0.2) is 11.5 Å². The largest absolute Gasteiger partial charge is 0.332 e. The van der Waals surface area contributed by atoms with Gasteiger partial charge in [0.05, 0.1) is 11.2 Å². The molecule has 1 aliphatic rings. The molecule has 2 heterocycles. The third kappa shape index (κ3) is 3.05. The molecule has 126 valence electrons. The van der Waals surface area contributed by atoms with E-state index in [1.165, 1.54) is 0 Å².